The van der Waals surface area contributed by atoms with Gasteiger partial charge in [-0.25, -0.2) is 8.42 Å². The molecule has 0 aromatic heterocycles. The molecule has 0 saturated carbocycles. The molecule has 1 aliphatic rings. The Kier molecular flexibility index (Phi) is 6.73. The third-order valence-corrected chi connectivity index (χ3v) is 7.43. The Morgan fingerprint density at radius 3 is 2.48 bits per heavy atom. The van der Waals surface area contributed by atoms with Gasteiger partial charge >= 0.3 is 0 Å². The summed E-state index contributed by atoms with van der Waals surface area (Å²) in [5, 5.41) is 3.66. The Hall–Kier alpha value is -1.80. The van der Waals surface area contributed by atoms with E-state index >= 15 is 0 Å². The van der Waals surface area contributed by atoms with Gasteiger partial charge in [0.2, 0.25) is 15.9 Å². The number of aryl methyl sites for hydroxylation is 1. The molecule has 9 heteroatoms. The van der Waals surface area contributed by atoms with Crippen LogP contribution in [0.25, 0.3) is 0 Å². The van der Waals surface area contributed by atoms with Crippen LogP contribution in [0.1, 0.15) is 18.4 Å². The lowest BCUT2D eigenvalue weighted by Gasteiger charge is -2.31. The third-order valence-electron chi connectivity index (χ3n) is 4.95. The molecule has 0 unspecified atom stereocenters. The van der Waals surface area contributed by atoms with Crippen molar-refractivity contribution in [2.24, 2.45) is 5.92 Å². The zero-order chi connectivity index (χ0) is 21.2. The molecule has 0 atom stereocenters. The molecule has 1 saturated heterocycles. The first kappa shape index (κ1) is 21.9. The van der Waals surface area contributed by atoms with Crippen molar-refractivity contribution in [3.63, 3.8) is 0 Å². The second kappa shape index (κ2) is 8.92. The van der Waals surface area contributed by atoms with E-state index in [0.717, 1.165) is 5.56 Å². The lowest BCUT2D eigenvalue weighted by molar-refractivity contribution is -0.120. The first-order valence-electron chi connectivity index (χ1n) is 9.13. The summed E-state index contributed by atoms with van der Waals surface area (Å²) in [4.78, 5) is 12.7. The van der Waals surface area contributed by atoms with Gasteiger partial charge in [-0.2, -0.15) is 4.31 Å². The maximum Gasteiger partial charge on any atom is 0.246 e. The predicted octanol–water partition coefficient (Wildman–Crippen LogP) is 4.35. The molecule has 0 spiro atoms. The Labute approximate surface area is 180 Å². The number of anilines is 1. The molecule has 0 bridgehead atoms. The van der Waals surface area contributed by atoms with E-state index in [1.54, 1.807) is 36.4 Å². The summed E-state index contributed by atoms with van der Waals surface area (Å²) in [5.74, 6) is -0.193. The molecule has 29 heavy (non-hydrogen) atoms. The summed E-state index contributed by atoms with van der Waals surface area (Å²) in [6.07, 6.45) is 0.828. The van der Waals surface area contributed by atoms with Crippen LogP contribution < -0.4 is 10.1 Å². The van der Waals surface area contributed by atoms with Gasteiger partial charge in [0.15, 0.2) is 0 Å². The van der Waals surface area contributed by atoms with Crippen molar-refractivity contribution in [2.75, 3.05) is 25.5 Å². The molecule has 1 N–H and O–H groups in total. The van der Waals surface area contributed by atoms with Crippen LogP contribution in [0.4, 0.5) is 5.69 Å². The van der Waals surface area contributed by atoms with E-state index in [9.17, 15) is 13.2 Å². The highest BCUT2D eigenvalue weighted by Crippen LogP contribution is 2.31. The molecule has 2 aromatic rings. The van der Waals surface area contributed by atoms with Crippen LogP contribution in [0, 0.1) is 12.8 Å². The van der Waals surface area contributed by atoms with Gasteiger partial charge in [0.1, 0.15) is 10.6 Å². The highest BCUT2D eigenvalue weighted by Gasteiger charge is 2.33. The first-order chi connectivity index (χ1) is 13.7. The van der Waals surface area contributed by atoms with E-state index < -0.39 is 10.0 Å². The smallest absolute Gasteiger partial charge is 0.246 e. The Morgan fingerprint density at radius 1 is 1.14 bits per heavy atom. The number of methoxy groups -OCH3 is 1. The minimum absolute atomic E-state index is 0.147. The molecule has 6 nitrogen and oxygen atoms in total. The minimum Gasteiger partial charge on any atom is -0.495 e. The van der Waals surface area contributed by atoms with Gasteiger partial charge < -0.3 is 10.1 Å². The zero-order valence-electron chi connectivity index (χ0n) is 16.1. The number of hydrogen-bond donors (Lipinski definition) is 1. The fourth-order valence-electron chi connectivity index (χ4n) is 3.31. The molecule has 1 aliphatic heterocycles. The molecule has 1 heterocycles. The van der Waals surface area contributed by atoms with Crippen molar-refractivity contribution >= 4 is 44.8 Å². The molecule has 3 rings (SSSR count). The van der Waals surface area contributed by atoms with E-state index in [1.807, 2.05) is 6.92 Å². The highest BCUT2D eigenvalue weighted by molar-refractivity contribution is 7.89. The summed E-state index contributed by atoms with van der Waals surface area (Å²) in [6.45, 7) is 2.33. The van der Waals surface area contributed by atoms with Gasteiger partial charge in [0.05, 0.1) is 17.8 Å². The highest BCUT2D eigenvalue weighted by atomic mass is 35.5. The van der Waals surface area contributed by atoms with Crippen LogP contribution in [0.3, 0.4) is 0 Å². The molecule has 0 aliphatic carbocycles. The van der Waals surface area contributed by atoms with Crippen LogP contribution in [-0.4, -0.2) is 38.8 Å². The molecule has 1 fully saturated rings. The largest absolute Gasteiger partial charge is 0.495 e. The molecule has 0 radical (unpaired) electrons. The number of benzene rings is 2. The minimum atomic E-state index is -3.71. The second-order valence-corrected chi connectivity index (χ2v) is 9.70. The molecular formula is C20H22Cl2N2O4S. The van der Waals surface area contributed by atoms with Crippen molar-refractivity contribution in [2.45, 2.75) is 24.7 Å². The van der Waals surface area contributed by atoms with Crippen molar-refractivity contribution in [1.29, 1.82) is 0 Å². The predicted molar refractivity (Wildman–Crippen MR) is 114 cm³/mol. The number of nitrogens with one attached hydrogen (secondary N) is 1. The van der Waals surface area contributed by atoms with Gasteiger partial charge in [-0.1, -0.05) is 29.3 Å². The maximum absolute atomic E-state index is 13.1. The molecule has 156 valence electrons. The van der Waals surface area contributed by atoms with E-state index in [2.05, 4.69) is 5.32 Å². The summed E-state index contributed by atoms with van der Waals surface area (Å²) in [7, 11) is -2.26. The number of sulfonamides is 1. The molecule has 2 aromatic carbocycles. The van der Waals surface area contributed by atoms with Crippen LogP contribution in [0.15, 0.2) is 41.3 Å². The average Bonchev–Trinajstić information content (AvgIpc) is 2.70. The summed E-state index contributed by atoms with van der Waals surface area (Å²) < 4.78 is 32.8. The quantitative estimate of drug-likeness (QED) is 0.725. The summed E-state index contributed by atoms with van der Waals surface area (Å²) >= 11 is 12.1. The number of carbonyl (C=O) groups excluding carboxylic acids is 1. The van der Waals surface area contributed by atoms with Crippen molar-refractivity contribution < 1.29 is 17.9 Å². The van der Waals surface area contributed by atoms with Crippen molar-refractivity contribution in [3.8, 4) is 5.75 Å². The van der Waals surface area contributed by atoms with E-state index in [0.29, 0.717) is 34.3 Å². The summed E-state index contributed by atoms with van der Waals surface area (Å²) in [5.41, 5.74) is 1.28. The second-order valence-electron chi connectivity index (χ2n) is 6.95. The van der Waals surface area contributed by atoms with Crippen LogP contribution in [0.2, 0.25) is 10.0 Å². The number of amides is 1. The average molecular weight is 457 g/mol. The number of hydrogen-bond acceptors (Lipinski definition) is 4. The Bertz CT molecular complexity index is 1020. The monoisotopic (exact) mass is 456 g/mol. The lowest BCUT2D eigenvalue weighted by atomic mass is 9.97. The fourth-order valence-corrected chi connectivity index (χ4v) is 5.36. The van der Waals surface area contributed by atoms with Gasteiger partial charge in [-0.05, 0) is 55.7 Å². The number of piperidine rings is 1. The van der Waals surface area contributed by atoms with Gasteiger partial charge in [-0.3, -0.25) is 4.79 Å². The SMILES string of the molecule is COc1ccc(C)cc1S(=O)(=O)N1CCC(C(=O)Nc2cc(Cl)ccc2Cl)CC1. The van der Waals surface area contributed by atoms with Crippen molar-refractivity contribution in [1.82, 2.24) is 4.31 Å². The number of ether oxygens (including phenoxy) is 1. The van der Waals surface area contributed by atoms with Gasteiger partial charge in [0.25, 0.3) is 0 Å². The number of rotatable bonds is 5. The van der Waals surface area contributed by atoms with Crippen LogP contribution in [0.5, 0.6) is 5.75 Å². The standard InChI is InChI=1S/C20H22Cl2N2O4S/c1-13-3-6-18(28-2)19(11-13)29(26,27)24-9-7-14(8-10-24)20(25)23-17-12-15(21)4-5-16(17)22/h3-6,11-12,14H,7-10H2,1-2H3,(H,23,25). The zero-order valence-corrected chi connectivity index (χ0v) is 18.4. The first-order valence-corrected chi connectivity index (χ1v) is 11.3. The Morgan fingerprint density at radius 2 is 1.83 bits per heavy atom. The van der Waals surface area contributed by atoms with E-state index in [-0.39, 0.29) is 29.8 Å². The Balaban J connectivity index is 1.69. The molecule has 1 amide bonds. The van der Waals surface area contributed by atoms with Gasteiger partial charge in [-0.15, -0.1) is 0 Å². The number of halogens is 2. The van der Waals surface area contributed by atoms with Crippen LogP contribution in [-0.2, 0) is 14.8 Å². The third kappa shape index (κ3) is 4.86. The number of carbonyl (C=O) groups is 1. The summed E-state index contributed by atoms with van der Waals surface area (Å²) in [6, 6.07) is 9.90. The fraction of sp³-hybridized carbons (Fsp3) is 0.350. The normalized spacial score (nSPS) is 15.9. The molecular weight excluding hydrogens is 435 g/mol. The maximum atomic E-state index is 13.1. The lowest BCUT2D eigenvalue weighted by Crippen LogP contribution is -2.41. The number of nitrogens with zero attached hydrogens (tertiary/aromatic N) is 1. The van der Waals surface area contributed by atoms with Crippen LogP contribution >= 0.6 is 23.2 Å². The van der Waals surface area contributed by atoms with E-state index in [4.69, 9.17) is 27.9 Å². The van der Waals surface area contributed by atoms with E-state index in [1.165, 1.54) is 11.4 Å². The topological polar surface area (TPSA) is 75.7 Å². The van der Waals surface area contributed by atoms with Crippen molar-refractivity contribution in [3.05, 3.63) is 52.0 Å². The van der Waals surface area contributed by atoms with Gasteiger partial charge in [0, 0.05) is 24.0 Å².